The number of rotatable bonds is 6. The second-order valence-electron chi connectivity index (χ2n) is 3.96. The number of nitrogens with one attached hydrogen (secondary N) is 1. The Morgan fingerprint density at radius 2 is 2.06 bits per heavy atom. The molecule has 1 aromatic carbocycles. The van der Waals surface area contributed by atoms with Crippen LogP contribution in [-0.4, -0.2) is 11.8 Å². The van der Waals surface area contributed by atoms with Gasteiger partial charge in [0.25, 0.3) is 0 Å². The molecule has 0 aliphatic carbocycles. The van der Waals surface area contributed by atoms with Crippen molar-refractivity contribution in [2.24, 2.45) is 5.84 Å². The molecule has 2 rings (SSSR count). The zero-order chi connectivity index (χ0) is 12.8. The topological polar surface area (TPSA) is 38.0 Å². The Kier molecular flexibility index (Phi) is 5.19. The van der Waals surface area contributed by atoms with Crippen LogP contribution in [0.2, 0.25) is 0 Å². The molecule has 0 saturated heterocycles. The summed E-state index contributed by atoms with van der Waals surface area (Å²) in [5.41, 5.74) is 4.13. The summed E-state index contributed by atoms with van der Waals surface area (Å²) in [5.74, 6) is 6.21. The van der Waals surface area contributed by atoms with E-state index in [4.69, 9.17) is 5.84 Å². The normalized spacial score (nSPS) is 12.6. The van der Waals surface area contributed by atoms with Crippen molar-refractivity contribution in [3.05, 3.63) is 52.5 Å². The van der Waals surface area contributed by atoms with Crippen molar-refractivity contribution in [1.82, 2.24) is 5.43 Å². The lowest BCUT2D eigenvalue weighted by Gasteiger charge is -2.14. The van der Waals surface area contributed by atoms with Crippen molar-refractivity contribution in [3.63, 3.8) is 0 Å². The maximum absolute atomic E-state index is 12.8. The highest BCUT2D eigenvalue weighted by Crippen LogP contribution is 2.20. The summed E-state index contributed by atoms with van der Waals surface area (Å²) < 4.78 is 12.8. The first kappa shape index (κ1) is 13.5. The lowest BCUT2D eigenvalue weighted by molar-refractivity contribution is 0.576. The first-order chi connectivity index (χ1) is 8.78. The molecule has 2 nitrogen and oxygen atoms in total. The molecule has 0 aliphatic heterocycles. The monoisotopic (exact) mass is 282 g/mol. The van der Waals surface area contributed by atoms with E-state index < -0.39 is 0 Å². The van der Waals surface area contributed by atoms with E-state index >= 15 is 0 Å². The summed E-state index contributed by atoms with van der Waals surface area (Å²) >= 11 is 3.37. The van der Waals surface area contributed by atoms with Crippen molar-refractivity contribution in [1.29, 1.82) is 0 Å². The number of thioether (sulfide) groups is 1. The third-order valence-electron chi connectivity index (χ3n) is 2.56. The van der Waals surface area contributed by atoms with E-state index in [1.165, 1.54) is 17.7 Å². The average molecular weight is 282 g/mol. The Hall–Kier alpha value is -0.880. The fourth-order valence-electron chi connectivity index (χ4n) is 1.59. The summed E-state index contributed by atoms with van der Waals surface area (Å²) in [4.78, 5) is 1.06. The summed E-state index contributed by atoms with van der Waals surface area (Å²) in [5, 5.41) is 4.20. The van der Waals surface area contributed by atoms with Gasteiger partial charge in [0.1, 0.15) is 5.82 Å². The zero-order valence-electron chi connectivity index (χ0n) is 9.80. The lowest BCUT2D eigenvalue weighted by Crippen LogP contribution is -2.38. The molecule has 3 N–H and O–H groups in total. The van der Waals surface area contributed by atoms with E-state index in [1.807, 2.05) is 0 Å². The first-order valence-electron chi connectivity index (χ1n) is 5.63. The fraction of sp³-hybridized carbons (Fsp3) is 0.231. The molecule has 0 fully saturated rings. The van der Waals surface area contributed by atoms with Crippen LogP contribution in [0.15, 0.2) is 46.0 Å². The Balaban J connectivity index is 1.85. The van der Waals surface area contributed by atoms with Gasteiger partial charge in [0.15, 0.2) is 0 Å². The van der Waals surface area contributed by atoms with Crippen LogP contribution in [0.1, 0.15) is 5.56 Å². The van der Waals surface area contributed by atoms with Gasteiger partial charge in [-0.2, -0.15) is 11.3 Å². The standard InChI is InChI=1S/C13H15FN2S2/c14-11-1-3-13(4-2-11)18-9-12(16-15)7-10-5-6-17-8-10/h1-6,8,12,16H,7,9,15H2. The van der Waals surface area contributed by atoms with Crippen LogP contribution in [0.3, 0.4) is 0 Å². The van der Waals surface area contributed by atoms with Gasteiger partial charge in [-0.05, 0) is 53.1 Å². The van der Waals surface area contributed by atoms with E-state index in [0.717, 1.165) is 17.1 Å². The number of halogens is 1. The highest BCUT2D eigenvalue weighted by atomic mass is 32.2. The summed E-state index contributed by atoms with van der Waals surface area (Å²) in [6.07, 6.45) is 0.911. The van der Waals surface area contributed by atoms with Gasteiger partial charge in [0, 0.05) is 16.7 Å². The van der Waals surface area contributed by atoms with E-state index in [2.05, 4.69) is 22.3 Å². The van der Waals surface area contributed by atoms with Crippen LogP contribution >= 0.6 is 23.1 Å². The largest absolute Gasteiger partial charge is 0.271 e. The summed E-state index contributed by atoms with van der Waals surface area (Å²) in [6.45, 7) is 0. The molecule has 0 bridgehead atoms. The van der Waals surface area contributed by atoms with Crippen LogP contribution < -0.4 is 11.3 Å². The molecular formula is C13H15FN2S2. The predicted octanol–water partition coefficient (Wildman–Crippen LogP) is 3.05. The zero-order valence-corrected chi connectivity index (χ0v) is 11.4. The molecule has 1 unspecified atom stereocenters. The van der Waals surface area contributed by atoms with E-state index in [9.17, 15) is 4.39 Å². The van der Waals surface area contributed by atoms with Gasteiger partial charge in [-0.1, -0.05) is 0 Å². The SMILES string of the molecule is NNC(CSc1ccc(F)cc1)Cc1ccsc1. The number of thiophene rings is 1. The molecule has 96 valence electrons. The quantitative estimate of drug-likeness (QED) is 0.486. The third-order valence-corrected chi connectivity index (χ3v) is 4.47. The van der Waals surface area contributed by atoms with Crippen LogP contribution in [0.25, 0.3) is 0 Å². The van der Waals surface area contributed by atoms with Gasteiger partial charge in [-0.3, -0.25) is 11.3 Å². The second-order valence-corrected chi connectivity index (χ2v) is 5.84. The van der Waals surface area contributed by atoms with Gasteiger partial charge < -0.3 is 0 Å². The van der Waals surface area contributed by atoms with Crippen LogP contribution in [0.5, 0.6) is 0 Å². The van der Waals surface area contributed by atoms with Crippen LogP contribution in [0.4, 0.5) is 4.39 Å². The summed E-state index contributed by atoms with van der Waals surface area (Å²) in [7, 11) is 0. The van der Waals surface area contributed by atoms with Gasteiger partial charge in [-0.15, -0.1) is 11.8 Å². The molecule has 1 aromatic heterocycles. The van der Waals surface area contributed by atoms with Crippen LogP contribution in [0, 0.1) is 5.82 Å². The number of nitrogens with two attached hydrogens (primary N) is 1. The number of benzene rings is 1. The highest BCUT2D eigenvalue weighted by Gasteiger charge is 2.08. The molecule has 0 aliphatic rings. The van der Waals surface area contributed by atoms with Crippen molar-refractivity contribution < 1.29 is 4.39 Å². The second kappa shape index (κ2) is 6.89. The molecule has 0 amide bonds. The lowest BCUT2D eigenvalue weighted by atomic mass is 10.1. The van der Waals surface area contributed by atoms with E-state index in [1.54, 1.807) is 35.2 Å². The minimum atomic E-state index is -0.203. The number of hydrazine groups is 1. The predicted molar refractivity (Wildman–Crippen MR) is 76.3 cm³/mol. The third kappa shape index (κ3) is 4.10. The molecule has 5 heteroatoms. The first-order valence-corrected chi connectivity index (χ1v) is 7.56. The van der Waals surface area contributed by atoms with E-state index in [-0.39, 0.29) is 11.9 Å². The van der Waals surface area contributed by atoms with Gasteiger partial charge >= 0.3 is 0 Å². The summed E-state index contributed by atoms with van der Waals surface area (Å²) in [6, 6.07) is 8.86. The Bertz CT molecular complexity index is 456. The van der Waals surface area contributed by atoms with Crippen molar-refractivity contribution >= 4 is 23.1 Å². The molecular weight excluding hydrogens is 267 g/mol. The Labute approximate surface area is 114 Å². The Morgan fingerprint density at radius 3 is 2.67 bits per heavy atom. The van der Waals surface area contributed by atoms with Crippen molar-refractivity contribution in [2.75, 3.05) is 5.75 Å². The van der Waals surface area contributed by atoms with Crippen molar-refractivity contribution in [2.45, 2.75) is 17.4 Å². The maximum atomic E-state index is 12.8. The van der Waals surface area contributed by atoms with Crippen molar-refractivity contribution in [3.8, 4) is 0 Å². The molecule has 2 aromatic rings. The minimum absolute atomic E-state index is 0.203. The Morgan fingerprint density at radius 1 is 1.28 bits per heavy atom. The smallest absolute Gasteiger partial charge is 0.123 e. The molecule has 1 atom stereocenters. The number of hydrogen-bond donors (Lipinski definition) is 2. The minimum Gasteiger partial charge on any atom is -0.271 e. The van der Waals surface area contributed by atoms with Crippen LogP contribution in [-0.2, 0) is 6.42 Å². The van der Waals surface area contributed by atoms with Gasteiger partial charge in [0.2, 0.25) is 0 Å². The highest BCUT2D eigenvalue weighted by molar-refractivity contribution is 7.99. The number of hydrogen-bond acceptors (Lipinski definition) is 4. The molecule has 0 saturated carbocycles. The average Bonchev–Trinajstić information content (AvgIpc) is 2.89. The molecule has 0 radical (unpaired) electrons. The molecule has 0 spiro atoms. The van der Waals surface area contributed by atoms with Gasteiger partial charge in [0.05, 0.1) is 0 Å². The van der Waals surface area contributed by atoms with Gasteiger partial charge in [-0.25, -0.2) is 4.39 Å². The van der Waals surface area contributed by atoms with E-state index in [0.29, 0.717) is 0 Å². The molecule has 18 heavy (non-hydrogen) atoms. The fourth-order valence-corrected chi connectivity index (χ4v) is 3.20. The maximum Gasteiger partial charge on any atom is 0.123 e. The molecule has 1 heterocycles.